The van der Waals surface area contributed by atoms with Crippen LogP contribution in [0.1, 0.15) is 48.8 Å². The van der Waals surface area contributed by atoms with Crippen LogP contribution in [0.25, 0.3) is 0 Å². The van der Waals surface area contributed by atoms with Gasteiger partial charge in [0, 0.05) is 30.8 Å². The average molecular weight is 376 g/mol. The summed E-state index contributed by atoms with van der Waals surface area (Å²) in [7, 11) is -1.90. The van der Waals surface area contributed by atoms with Gasteiger partial charge in [-0.25, -0.2) is 13.1 Å². The monoisotopic (exact) mass is 376 g/mol. The zero-order valence-electron chi connectivity index (χ0n) is 15.4. The van der Waals surface area contributed by atoms with Gasteiger partial charge in [-0.15, -0.1) is 0 Å². The highest BCUT2D eigenvalue weighted by Gasteiger charge is 2.35. The molecule has 0 spiro atoms. The molecule has 26 heavy (non-hydrogen) atoms. The lowest BCUT2D eigenvalue weighted by molar-refractivity contribution is 0.102. The fourth-order valence-electron chi connectivity index (χ4n) is 2.77. The van der Waals surface area contributed by atoms with Crippen molar-refractivity contribution < 1.29 is 13.2 Å². The van der Waals surface area contributed by atoms with E-state index in [2.05, 4.69) is 10.4 Å². The van der Waals surface area contributed by atoms with Gasteiger partial charge in [-0.3, -0.25) is 4.79 Å². The number of rotatable bonds is 6. The maximum atomic E-state index is 12.5. The lowest BCUT2D eigenvalue weighted by Crippen LogP contribution is -2.29. The zero-order valence-corrected chi connectivity index (χ0v) is 16.2. The molecule has 1 N–H and O–H groups in total. The van der Waals surface area contributed by atoms with E-state index in [1.807, 2.05) is 20.8 Å². The van der Waals surface area contributed by atoms with E-state index in [9.17, 15) is 13.2 Å². The average Bonchev–Trinajstić information content (AvgIpc) is 3.37. The largest absolute Gasteiger partial charge is 0.307 e. The van der Waals surface area contributed by atoms with Gasteiger partial charge in [0.15, 0.2) is 0 Å². The van der Waals surface area contributed by atoms with Crippen LogP contribution in [0, 0.1) is 6.92 Å². The van der Waals surface area contributed by atoms with E-state index in [0.29, 0.717) is 11.4 Å². The molecule has 2 aromatic rings. The van der Waals surface area contributed by atoms with Gasteiger partial charge in [0.05, 0.1) is 10.6 Å². The minimum absolute atomic E-state index is 0.0996. The number of aryl methyl sites for hydroxylation is 1. The van der Waals surface area contributed by atoms with Crippen LogP contribution < -0.4 is 5.32 Å². The summed E-state index contributed by atoms with van der Waals surface area (Å²) in [5.41, 5.74) is 1.21. The van der Waals surface area contributed by atoms with Gasteiger partial charge in [0.2, 0.25) is 10.0 Å². The molecular formula is C18H24N4O3S. The number of hydrogen-bond acceptors (Lipinski definition) is 4. The number of sulfonamides is 1. The number of amides is 1. The van der Waals surface area contributed by atoms with Gasteiger partial charge in [-0.1, -0.05) is 0 Å². The van der Waals surface area contributed by atoms with Crippen molar-refractivity contribution >= 4 is 21.7 Å². The van der Waals surface area contributed by atoms with E-state index in [1.54, 1.807) is 17.8 Å². The van der Waals surface area contributed by atoms with Crippen molar-refractivity contribution in [1.29, 1.82) is 0 Å². The van der Waals surface area contributed by atoms with Gasteiger partial charge < -0.3 is 5.32 Å². The van der Waals surface area contributed by atoms with E-state index in [1.165, 1.54) is 28.6 Å². The molecular weight excluding hydrogens is 352 g/mol. The Morgan fingerprint density at radius 1 is 1.27 bits per heavy atom. The second kappa shape index (κ2) is 6.85. The predicted molar refractivity (Wildman–Crippen MR) is 99.7 cm³/mol. The first kappa shape index (κ1) is 18.6. The van der Waals surface area contributed by atoms with Gasteiger partial charge in [-0.05, 0) is 57.9 Å². The quantitative estimate of drug-likeness (QED) is 0.840. The molecule has 0 aliphatic heterocycles. The van der Waals surface area contributed by atoms with Gasteiger partial charge >= 0.3 is 0 Å². The van der Waals surface area contributed by atoms with Crippen molar-refractivity contribution in [1.82, 2.24) is 14.1 Å². The molecule has 1 aromatic carbocycles. The smallest absolute Gasteiger partial charge is 0.256 e. The molecule has 1 aromatic heterocycles. The molecule has 0 radical (unpaired) electrons. The van der Waals surface area contributed by atoms with Crippen molar-refractivity contribution in [3.8, 4) is 0 Å². The second-order valence-electron chi connectivity index (χ2n) is 6.94. The number of benzene rings is 1. The lowest BCUT2D eigenvalue weighted by Gasteiger charge is -2.16. The highest BCUT2D eigenvalue weighted by molar-refractivity contribution is 7.89. The Morgan fingerprint density at radius 2 is 1.88 bits per heavy atom. The Balaban J connectivity index is 1.77. The van der Waals surface area contributed by atoms with Crippen LogP contribution in [0.5, 0.6) is 0 Å². The molecule has 1 saturated carbocycles. The SMILES string of the molecule is Cc1cc(NC(=O)c2ccc(S(=O)(=O)N(C)C3CC3)cc2)n(C(C)C)n1. The van der Waals surface area contributed by atoms with Crippen LogP contribution in [-0.4, -0.2) is 41.5 Å². The fourth-order valence-corrected chi connectivity index (χ4v) is 4.19. The molecule has 1 aliphatic rings. The molecule has 0 atom stereocenters. The summed E-state index contributed by atoms with van der Waals surface area (Å²) in [4.78, 5) is 12.7. The standard InChI is InChI=1S/C18H24N4O3S/c1-12(2)22-17(11-13(3)20-22)19-18(23)14-5-9-16(10-6-14)26(24,25)21(4)15-7-8-15/h5-6,9-12,15H,7-8H2,1-4H3,(H,19,23). The van der Waals surface area contributed by atoms with E-state index in [-0.39, 0.29) is 22.9 Å². The first-order valence-corrected chi connectivity index (χ1v) is 10.1. The first-order valence-electron chi connectivity index (χ1n) is 8.65. The Hall–Kier alpha value is -2.19. The summed E-state index contributed by atoms with van der Waals surface area (Å²) < 4.78 is 28.2. The third-order valence-electron chi connectivity index (χ3n) is 4.44. The first-order chi connectivity index (χ1) is 12.2. The highest BCUT2D eigenvalue weighted by Crippen LogP contribution is 2.30. The molecule has 0 bridgehead atoms. The summed E-state index contributed by atoms with van der Waals surface area (Å²) in [6.45, 7) is 5.83. The summed E-state index contributed by atoms with van der Waals surface area (Å²) >= 11 is 0. The summed E-state index contributed by atoms with van der Waals surface area (Å²) in [6.07, 6.45) is 1.80. The van der Waals surface area contributed by atoms with Crippen LogP contribution >= 0.6 is 0 Å². The number of nitrogens with zero attached hydrogens (tertiary/aromatic N) is 3. The summed E-state index contributed by atoms with van der Waals surface area (Å²) in [5.74, 6) is 0.318. The van der Waals surface area contributed by atoms with Crippen molar-refractivity contribution in [2.45, 2.75) is 50.6 Å². The third-order valence-corrected chi connectivity index (χ3v) is 6.37. The molecule has 8 heteroatoms. The molecule has 7 nitrogen and oxygen atoms in total. The van der Waals surface area contributed by atoms with Gasteiger partial charge in [0.25, 0.3) is 5.91 Å². The summed E-state index contributed by atoms with van der Waals surface area (Å²) in [6, 6.07) is 8.05. The molecule has 0 unspecified atom stereocenters. The van der Waals surface area contributed by atoms with Crippen LogP contribution in [0.15, 0.2) is 35.2 Å². The minimum atomic E-state index is -3.50. The zero-order chi connectivity index (χ0) is 19.1. The highest BCUT2D eigenvalue weighted by atomic mass is 32.2. The molecule has 1 aliphatic carbocycles. The van der Waals surface area contributed by atoms with Crippen LogP contribution in [0.3, 0.4) is 0 Å². The normalized spacial score (nSPS) is 14.8. The minimum Gasteiger partial charge on any atom is -0.307 e. The van der Waals surface area contributed by atoms with E-state index in [4.69, 9.17) is 0 Å². The predicted octanol–water partition coefficient (Wildman–Crippen LogP) is 2.81. The number of carbonyl (C=O) groups is 1. The number of carbonyl (C=O) groups excluding carboxylic acids is 1. The molecule has 1 fully saturated rings. The molecule has 1 heterocycles. The maximum Gasteiger partial charge on any atom is 0.256 e. The lowest BCUT2D eigenvalue weighted by atomic mass is 10.2. The van der Waals surface area contributed by atoms with Crippen molar-refractivity contribution in [2.75, 3.05) is 12.4 Å². The van der Waals surface area contributed by atoms with Gasteiger partial charge in [0.1, 0.15) is 5.82 Å². The number of hydrogen-bond donors (Lipinski definition) is 1. The number of aromatic nitrogens is 2. The van der Waals surface area contributed by atoms with E-state index < -0.39 is 10.0 Å². The molecule has 140 valence electrons. The van der Waals surface area contributed by atoms with Crippen LogP contribution in [-0.2, 0) is 10.0 Å². The Labute approximate surface area is 154 Å². The van der Waals surface area contributed by atoms with Crippen molar-refractivity contribution in [3.05, 3.63) is 41.6 Å². The van der Waals surface area contributed by atoms with E-state index >= 15 is 0 Å². The molecule has 3 rings (SSSR count). The topological polar surface area (TPSA) is 84.3 Å². The Kier molecular flexibility index (Phi) is 4.90. The van der Waals surface area contributed by atoms with Crippen LogP contribution in [0.2, 0.25) is 0 Å². The summed E-state index contributed by atoms with van der Waals surface area (Å²) in [5, 5.41) is 7.20. The maximum absolute atomic E-state index is 12.5. The van der Waals surface area contributed by atoms with Crippen LogP contribution in [0.4, 0.5) is 5.82 Å². The Bertz CT molecular complexity index is 912. The van der Waals surface area contributed by atoms with E-state index in [0.717, 1.165) is 18.5 Å². The van der Waals surface area contributed by atoms with Crippen molar-refractivity contribution in [3.63, 3.8) is 0 Å². The van der Waals surface area contributed by atoms with Crippen molar-refractivity contribution in [2.24, 2.45) is 0 Å². The molecule has 0 saturated heterocycles. The van der Waals surface area contributed by atoms with Gasteiger partial charge in [-0.2, -0.15) is 9.40 Å². The second-order valence-corrected chi connectivity index (χ2v) is 8.94. The Morgan fingerprint density at radius 3 is 2.42 bits per heavy atom. The molecule has 1 amide bonds. The fraction of sp³-hybridized carbons (Fsp3) is 0.444. The number of anilines is 1. The third kappa shape index (κ3) is 3.66. The number of nitrogens with one attached hydrogen (secondary N) is 1.